The minimum Gasteiger partial charge on any atom is -0.444 e. The number of amides is 1. The van der Waals surface area contributed by atoms with Crippen molar-refractivity contribution < 1.29 is 13.9 Å². The summed E-state index contributed by atoms with van der Waals surface area (Å²) in [5.74, 6) is 0.883. The van der Waals surface area contributed by atoms with E-state index in [2.05, 4.69) is 28.1 Å². The number of imidazole rings is 1. The number of aromatic nitrogens is 4. The van der Waals surface area contributed by atoms with Gasteiger partial charge in [-0.2, -0.15) is 10.2 Å². The van der Waals surface area contributed by atoms with Gasteiger partial charge in [-0.15, -0.1) is 11.3 Å². The van der Waals surface area contributed by atoms with Crippen molar-refractivity contribution >= 4 is 67.7 Å². The standard InChI is InChI=1S/C35H36FN9O2S2/c1-35(2,3)47-34(46)45-17-23-13-24(45)16-44(23)33-40-30-28(32(41-33)48-18-21-9-7-6-8-10-21)43(20-38-30)15-22-11-12-26(36)29-27(22)25(14-37)31(49-29)39-19-42(4)5/h6-12,19-20,23-24H,13,15-18H2,1-5H3/b39-19+/t23-,24-/m0/s1. The summed E-state index contributed by atoms with van der Waals surface area (Å²) in [4.78, 5) is 37.9. The molecule has 49 heavy (non-hydrogen) atoms. The molecule has 11 nitrogen and oxygen atoms in total. The van der Waals surface area contributed by atoms with Gasteiger partial charge in [0.05, 0.1) is 35.0 Å². The highest BCUT2D eigenvalue weighted by molar-refractivity contribution is 7.98. The molecule has 2 saturated heterocycles. The van der Waals surface area contributed by atoms with Gasteiger partial charge in [0.1, 0.15) is 33.0 Å². The number of rotatable bonds is 8. The van der Waals surface area contributed by atoms with Gasteiger partial charge in [0.25, 0.3) is 0 Å². The average Bonchev–Trinajstić information content (AvgIpc) is 3.86. The molecule has 14 heteroatoms. The van der Waals surface area contributed by atoms with E-state index >= 15 is 4.39 Å². The Morgan fingerprint density at radius 1 is 1.18 bits per heavy atom. The zero-order valence-electron chi connectivity index (χ0n) is 27.9. The summed E-state index contributed by atoms with van der Waals surface area (Å²) in [7, 11) is 3.68. The van der Waals surface area contributed by atoms with Gasteiger partial charge < -0.3 is 24.0 Å². The van der Waals surface area contributed by atoms with Crippen LogP contribution >= 0.6 is 23.1 Å². The zero-order chi connectivity index (χ0) is 34.4. The molecule has 2 aliphatic heterocycles. The first-order chi connectivity index (χ1) is 23.5. The molecule has 2 atom stereocenters. The molecule has 7 rings (SSSR count). The summed E-state index contributed by atoms with van der Waals surface area (Å²) in [5, 5.41) is 11.9. The summed E-state index contributed by atoms with van der Waals surface area (Å²) >= 11 is 2.78. The maximum Gasteiger partial charge on any atom is 0.410 e. The Bertz CT molecular complexity index is 2120. The lowest BCUT2D eigenvalue weighted by molar-refractivity contribution is 0.0214. The van der Waals surface area contributed by atoms with Gasteiger partial charge in [0.2, 0.25) is 5.95 Å². The Morgan fingerprint density at radius 3 is 2.67 bits per heavy atom. The van der Waals surface area contributed by atoms with Crippen LogP contribution in [-0.2, 0) is 17.0 Å². The van der Waals surface area contributed by atoms with Crippen molar-refractivity contribution in [2.45, 2.75) is 62.2 Å². The Balaban J connectivity index is 1.25. The Morgan fingerprint density at radius 2 is 1.98 bits per heavy atom. The number of anilines is 1. The maximum atomic E-state index is 15.1. The maximum absolute atomic E-state index is 15.1. The molecule has 0 N–H and O–H groups in total. The number of aliphatic imine (C=N–C) groups is 1. The van der Waals surface area contributed by atoms with Crippen LogP contribution in [0.5, 0.6) is 0 Å². The van der Waals surface area contributed by atoms with Crippen LogP contribution in [0, 0.1) is 17.1 Å². The third kappa shape index (κ3) is 6.52. The van der Waals surface area contributed by atoms with Gasteiger partial charge in [-0.1, -0.05) is 48.2 Å². The lowest BCUT2D eigenvalue weighted by Crippen LogP contribution is -2.50. The summed E-state index contributed by atoms with van der Waals surface area (Å²) < 4.78 is 23.1. The Hall–Kier alpha value is -4.74. The number of carbonyl (C=O) groups is 1. The van der Waals surface area contributed by atoms with Gasteiger partial charge in [-0.05, 0) is 44.4 Å². The van der Waals surface area contributed by atoms with E-state index in [0.29, 0.717) is 57.6 Å². The van der Waals surface area contributed by atoms with E-state index in [0.717, 1.165) is 28.1 Å². The molecule has 0 unspecified atom stereocenters. The van der Waals surface area contributed by atoms with Crippen molar-refractivity contribution in [1.82, 2.24) is 29.3 Å². The molecule has 0 spiro atoms. The lowest BCUT2D eigenvalue weighted by atomic mass is 10.1. The lowest BCUT2D eigenvalue weighted by Gasteiger charge is -2.35. The van der Waals surface area contributed by atoms with E-state index in [4.69, 9.17) is 19.7 Å². The number of nitriles is 1. The van der Waals surface area contributed by atoms with Crippen molar-refractivity contribution in [1.29, 1.82) is 5.26 Å². The third-order valence-electron chi connectivity index (χ3n) is 8.49. The fraction of sp³-hybridized carbons (Fsp3) is 0.371. The van der Waals surface area contributed by atoms with E-state index in [1.54, 1.807) is 35.4 Å². The van der Waals surface area contributed by atoms with E-state index < -0.39 is 5.60 Å². The van der Waals surface area contributed by atoms with Crippen LogP contribution in [-0.4, -0.2) is 86.6 Å². The van der Waals surface area contributed by atoms with Crippen LogP contribution in [0.1, 0.15) is 43.9 Å². The number of halogens is 1. The normalized spacial score (nSPS) is 17.5. The number of benzene rings is 2. The molecule has 0 aliphatic carbocycles. The van der Waals surface area contributed by atoms with Crippen LogP contribution in [0.3, 0.4) is 0 Å². The second-order valence-electron chi connectivity index (χ2n) is 13.5. The predicted octanol–water partition coefficient (Wildman–Crippen LogP) is 6.81. The largest absolute Gasteiger partial charge is 0.444 e. The molecular formula is C35H36FN9O2S2. The van der Waals surface area contributed by atoms with Crippen molar-refractivity contribution in [3.63, 3.8) is 0 Å². The van der Waals surface area contributed by atoms with Crippen LogP contribution in [0.2, 0.25) is 0 Å². The molecule has 252 valence electrons. The molecule has 5 heterocycles. The van der Waals surface area contributed by atoms with Crippen molar-refractivity contribution in [3.05, 3.63) is 71.3 Å². The van der Waals surface area contributed by atoms with Gasteiger partial charge in [0, 0.05) is 44.9 Å². The third-order valence-corrected chi connectivity index (χ3v) is 10.6. The van der Waals surface area contributed by atoms with E-state index in [9.17, 15) is 10.1 Å². The number of piperazine rings is 1. The molecule has 2 aromatic carbocycles. The fourth-order valence-corrected chi connectivity index (χ4v) is 8.40. The highest BCUT2D eigenvalue weighted by atomic mass is 32.2. The summed E-state index contributed by atoms with van der Waals surface area (Å²) in [6, 6.07) is 15.7. The minimum atomic E-state index is -0.557. The molecule has 1 amide bonds. The molecule has 0 radical (unpaired) electrons. The molecular weight excluding hydrogens is 662 g/mol. The first-order valence-electron chi connectivity index (χ1n) is 16.0. The number of hydrogen-bond donors (Lipinski definition) is 0. The van der Waals surface area contributed by atoms with Crippen LogP contribution in [0.15, 0.2) is 58.8 Å². The fourth-order valence-electron chi connectivity index (χ4n) is 6.37. The van der Waals surface area contributed by atoms with E-state index in [1.165, 1.54) is 17.4 Å². The monoisotopic (exact) mass is 697 g/mol. The number of carbonyl (C=O) groups excluding carboxylic acids is 1. The van der Waals surface area contributed by atoms with Crippen molar-refractivity contribution in [3.8, 4) is 6.07 Å². The average molecular weight is 698 g/mol. The first kappa shape index (κ1) is 32.8. The summed E-state index contributed by atoms with van der Waals surface area (Å²) in [6.45, 7) is 7.12. The molecule has 2 fully saturated rings. The summed E-state index contributed by atoms with van der Waals surface area (Å²) in [5.41, 5.74) is 3.03. The van der Waals surface area contributed by atoms with Crippen LogP contribution in [0.25, 0.3) is 21.3 Å². The Labute approximate surface area is 292 Å². The van der Waals surface area contributed by atoms with E-state index in [1.807, 2.05) is 62.5 Å². The number of likely N-dealkylation sites (tertiary alicyclic amines) is 1. The van der Waals surface area contributed by atoms with Gasteiger partial charge in [-0.25, -0.2) is 24.1 Å². The van der Waals surface area contributed by atoms with Gasteiger partial charge >= 0.3 is 6.09 Å². The number of ether oxygens (including phenoxy) is 1. The first-order valence-corrected chi connectivity index (χ1v) is 17.8. The van der Waals surface area contributed by atoms with Crippen LogP contribution < -0.4 is 4.90 Å². The second-order valence-corrected chi connectivity index (χ2v) is 15.5. The number of hydrogen-bond acceptors (Lipinski definition) is 10. The predicted molar refractivity (Wildman–Crippen MR) is 191 cm³/mol. The van der Waals surface area contributed by atoms with E-state index in [-0.39, 0.29) is 24.0 Å². The highest BCUT2D eigenvalue weighted by Crippen LogP contribution is 2.42. The highest BCUT2D eigenvalue weighted by Gasteiger charge is 2.47. The Kier molecular flexibility index (Phi) is 8.66. The quantitative estimate of drug-likeness (QED) is 0.0746. The molecule has 2 bridgehead atoms. The van der Waals surface area contributed by atoms with Gasteiger partial charge in [-0.3, -0.25) is 0 Å². The number of nitrogens with zero attached hydrogens (tertiary/aromatic N) is 9. The number of thioether (sulfide) groups is 1. The topological polar surface area (TPSA) is 116 Å². The van der Waals surface area contributed by atoms with Gasteiger partial charge in [0.15, 0.2) is 5.65 Å². The van der Waals surface area contributed by atoms with Crippen LogP contribution in [0.4, 0.5) is 20.1 Å². The number of fused-ring (bicyclic) bond motifs is 4. The molecule has 5 aromatic rings. The minimum absolute atomic E-state index is 0.0184. The molecule has 0 saturated carbocycles. The smallest absolute Gasteiger partial charge is 0.410 e. The van der Waals surface area contributed by atoms with Crippen molar-refractivity contribution in [2.75, 3.05) is 32.1 Å². The molecule has 3 aromatic heterocycles. The molecule has 2 aliphatic rings. The zero-order valence-corrected chi connectivity index (χ0v) is 29.6. The van der Waals surface area contributed by atoms with Crippen molar-refractivity contribution in [2.24, 2.45) is 4.99 Å². The SMILES string of the molecule is CN(C)/C=N/c1sc2c(F)ccc(Cn3cnc4nc(N5C[C@@H]6C[C@H]5CN6C(=O)OC(C)(C)C)nc(SCc5ccccc5)c43)c2c1C#N. The summed E-state index contributed by atoms with van der Waals surface area (Å²) in [6.07, 6.45) is 3.88. The second kappa shape index (κ2) is 12.9. The number of thiophene rings is 1.